The predicted molar refractivity (Wildman–Crippen MR) is 109 cm³/mol. The van der Waals surface area contributed by atoms with Gasteiger partial charge in [-0.15, -0.1) is 0 Å². The first-order chi connectivity index (χ1) is 14.2. The largest absolute Gasteiger partial charge is 0.465 e. The molecule has 2 rings (SSSR count). The maximum Gasteiger partial charge on any atom is 0.337 e. The molecule has 0 aliphatic carbocycles. The van der Waals surface area contributed by atoms with Crippen LogP contribution in [0.5, 0.6) is 0 Å². The molecule has 0 aromatic rings. The number of epoxide rings is 1. The first-order valence-corrected chi connectivity index (χ1v) is 9.49. The van der Waals surface area contributed by atoms with Gasteiger partial charge in [0.05, 0.1) is 12.7 Å². The Hall–Kier alpha value is -2.81. The van der Waals surface area contributed by atoms with E-state index in [0.717, 1.165) is 5.57 Å². The first kappa shape index (κ1) is 23.5. The summed E-state index contributed by atoms with van der Waals surface area (Å²) < 4.78 is 9.97. The van der Waals surface area contributed by atoms with Crippen molar-refractivity contribution in [1.29, 1.82) is 0 Å². The number of nitrogens with one attached hydrogen (secondary N) is 1. The number of hydrogen-bond donors (Lipinski definition) is 3. The van der Waals surface area contributed by atoms with E-state index in [1.165, 1.54) is 7.11 Å². The fraction of sp³-hybridized carbons (Fsp3) is 0.409. The second-order valence-corrected chi connectivity index (χ2v) is 7.13. The summed E-state index contributed by atoms with van der Waals surface area (Å²) in [6.07, 6.45) is 10.6. The summed E-state index contributed by atoms with van der Waals surface area (Å²) in [5, 5.41) is 21.7. The van der Waals surface area contributed by atoms with E-state index in [2.05, 4.69) is 10.1 Å². The standard InChI is InChI=1S/C22H27NO7/c1-5-16(18(26)29-4)13-14(2)9-7-6-8-10-15(3)17(25)22-19(30-22)21(28,11-12-24)23-20(22)27/h5-10,13,19,24,28H,11-12H2,1-4H3,(H,23,27)/b8-6+,9-7+,14-13+,15-10+,16-5+/t19-,21?,22+/m1/s1. The van der Waals surface area contributed by atoms with Crippen molar-refractivity contribution in [2.24, 2.45) is 0 Å². The highest BCUT2D eigenvalue weighted by Crippen LogP contribution is 2.50. The number of methoxy groups -OCH3 is 1. The Morgan fingerprint density at radius 1 is 1.27 bits per heavy atom. The number of allylic oxidation sites excluding steroid dienone is 7. The van der Waals surface area contributed by atoms with E-state index >= 15 is 0 Å². The number of amides is 1. The molecule has 0 aromatic carbocycles. The number of aliphatic hydroxyl groups is 2. The van der Waals surface area contributed by atoms with Gasteiger partial charge in [-0.05, 0) is 32.4 Å². The van der Waals surface area contributed by atoms with Gasteiger partial charge in [-0.1, -0.05) is 42.0 Å². The van der Waals surface area contributed by atoms with Gasteiger partial charge in [0.15, 0.2) is 11.8 Å². The molecule has 0 saturated carbocycles. The van der Waals surface area contributed by atoms with Crippen LogP contribution in [0.25, 0.3) is 0 Å². The maximum atomic E-state index is 12.7. The lowest BCUT2D eigenvalue weighted by atomic mass is 9.92. The SMILES string of the molecule is C\C=C(/C=C(C)/C=C/C=C/C=C(\C)C(=O)[C@]12O[C@@H]1C(O)(CCO)NC2=O)C(=O)OC. The highest BCUT2D eigenvalue weighted by atomic mass is 16.6. The molecule has 2 heterocycles. The number of aliphatic hydroxyl groups excluding tert-OH is 1. The van der Waals surface area contributed by atoms with Gasteiger partial charge >= 0.3 is 5.97 Å². The maximum absolute atomic E-state index is 12.7. The second-order valence-electron chi connectivity index (χ2n) is 7.13. The number of rotatable bonds is 9. The lowest BCUT2D eigenvalue weighted by Gasteiger charge is -2.22. The fourth-order valence-electron chi connectivity index (χ4n) is 3.26. The molecule has 3 atom stereocenters. The zero-order valence-electron chi connectivity index (χ0n) is 17.5. The van der Waals surface area contributed by atoms with E-state index in [9.17, 15) is 19.5 Å². The Morgan fingerprint density at radius 2 is 1.97 bits per heavy atom. The van der Waals surface area contributed by atoms with Crippen molar-refractivity contribution in [3.05, 3.63) is 59.3 Å². The minimum Gasteiger partial charge on any atom is -0.465 e. The molecule has 0 aromatic heterocycles. The van der Waals surface area contributed by atoms with Crippen LogP contribution in [0.4, 0.5) is 0 Å². The summed E-state index contributed by atoms with van der Waals surface area (Å²) in [6.45, 7) is 4.78. The lowest BCUT2D eigenvalue weighted by Crippen LogP contribution is -2.48. The minimum absolute atomic E-state index is 0.121. The van der Waals surface area contributed by atoms with Crippen LogP contribution < -0.4 is 5.32 Å². The van der Waals surface area contributed by atoms with Crippen LogP contribution in [0.3, 0.4) is 0 Å². The number of ketones is 1. The quantitative estimate of drug-likeness (QED) is 0.168. The summed E-state index contributed by atoms with van der Waals surface area (Å²) in [6, 6.07) is 0. The molecular formula is C22H27NO7. The fourth-order valence-corrected chi connectivity index (χ4v) is 3.26. The Balaban J connectivity index is 2.01. The van der Waals surface area contributed by atoms with Crippen LogP contribution in [-0.2, 0) is 23.9 Å². The number of Topliss-reactive ketones (excluding diaryl/α,β-unsaturated/α-hetero) is 1. The van der Waals surface area contributed by atoms with Crippen LogP contribution in [0, 0.1) is 0 Å². The van der Waals surface area contributed by atoms with E-state index in [1.54, 1.807) is 56.4 Å². The van der Waals surface area contributed by atoms with E-state index in [0.29, 0.717) is 11.1 Å². The molecule has 8 heteroatoms. The zero-order valence-corrected chi connectivity index (χ0v) is 17.5. The Morgan fingerprint density at radius 3 is 2.53 bits per heavy atom. The van der Waals surface area contributed by atoms with E-state index in [-0.39, 0.29) is 13.0 Å². The third-order valence-corrected chi connectivity index (χ3v) is 4.95. The smallest absolute Gasteiger partial charge is 0.337 e. The molecule has 2 fully saturated rings. The summed E-state index contributed by atoms with van der Waals surface area (Å²) in [4.78, 5) is 36.5. The molecular weight excluding hydrogens is 390 g/mol. The van der Waals surface area contributed by atoms with Crippen molar-refractivity contribution in [1.82, 2.24) is 5.32 Å². The molecule has 2 aliphatic heterocycles. The molecule has 3 N–H and O–H groups in total. The van der Waals surface area contributed by atoms with Crippen LogP contribution in [-0.4, -0.2) is 59.0 Å². The van der Waals surface area contributed by atoms with Crippen molar-refractivity contribution >= 4 is 17.7 Å². The van der Waals surface area contributed by atoms with Gasteiger partial charge in [-0.25, -0.2) is 4.79 Å². The molecule has 1 unspecified atom stereocenters. The summed E-state index contributed by atoms with van der Waals surface area (Å²) in [7, 11) is 1.32. The molecule has 30 heavy (non-hydrogen) atoms. The third-order valence-electron chi connectivity index (χ3n) is 4.95. The third kappa shape index (κ3) is 4.51. The first-order valence-electron chi connectivity index (χ1n) is 9.49. The van der Waals surface area contributed by atoms with Gasteiger partial charge < -0.3 is 25.0 Å². The number of carbonyl (C=O) groups is 3. The van der Waals surface area contributed by atoms with Crippen LogP contribution >= 0.6 is 0 Å². The molecule has 0 spiro atoms. The zero-order chi connectivity index (χ0) is 22.5. The van der Waals surface area contributed by atoms with Gasteiger partial charge in [0, 0.05) is 13.0 Å². The predicted octanol–water partition coefficient (Wildman–Crippen LogP) is 1.02. The van der Waals surface area contributed by atoms with Crippen molar-refractivity contribution in [2.75, 3.05) is 13.7 Å². The summed E-state index contributed by atoms with van der Waals surface area (Å²) in [5.41, 5.74) is -1.89. The highest BCUT2D eigenvalue weighted by Gasteiger charge is 2.80. The summed E-state index contributed by atoms with van der Waals surface area (Å²) in [5.74, 6) is -1.64. The number of hydrogen-bond acceptors (Lipinski definition) is 7. The lowest BCUT2D eigenvalue weighted by molar-refractivity contribution is -0.138. The van der Waals surface area contributed by atoms with Crippen molar-refractivity contribution < 1.29 is 34.1 Å². The number of ether oxygens (including phenoxy) is 2. The molecule has 162 valence electrons. The second kappa shape index (κ2) is 9.34. The summed E-state index contributed by atoms with van der Waals surface area (Å²) >= 11 is 0. The van der Waals surface area contributed by atoms with E-state index < -0.39 is 35.1 Å². The van der Waals surface area contributed by atoms with E-state index in [4.69, 9.17) is 9.84 Å². The monoisotopic (exact) mass is 417 g/mol. The number of carbonyl (C=O) groups excluding carboxylic acids is 3. The minimum atomic E-state index is -1.74. The normalized spacial score (nSPS) is 29.3. The highest BCUT2D eigenvalue weighted by molar-refractivity contribution is 6.21. The van der Waals surface area contributed by atoms with Crippen LogP contribution in [0.2, 0.25) is 0 Å². The molecule has 8 nitrogen and oxygen atoms in total. The van der Waals surface area contributed by atoms with Gasteiger partial charge in [-0.3, -0.25) is 9.59 Å². The average Bonchev–Trinajstić information content (AvgIpc) is 3.44. The van der Waals surface area contributed by atoms with Gasteiger partial charge in [0.1, 0.15) is 0 Å². The Kier molecular flexibility index (Phi) is 7.30. The number of fused-ring (bicyclic) bond motifs is 1. The molecule has 0 radical (unpaired) electrons. The van der Waals surface area contributed by atoms with E-state index in [1.807, 2.05) is 6.92 Å². The number of morpholine rings is 1. The van der Waals surface area contributed by atoms with Crippen molar-refractivity contribution in [2.45, 2.75) is 44.6 Å². The Labute approximate surface area is 175 Å². The van der Waals surface area contributed by atoms with Crippen molar-refractivity contribution in [3.8, 4) is 0 Å². The van der Waals surface area contributed by atoms with Gasteiger partial charge in [0.25, 0.3) is 5.91 Å². The van der Waals surface area contributed by atoms with Crippen LogP contribution in [0.1, 0.15) is 27.2 Å². The Bertz CT molecular complexity index is 880. The molecule has 2 aliphatic rings. The van der Waals surface area contributed by atoms with Crippen LogP contribution in [0.15, 0.2) is 59.3 Å². The topological polar surface area (TPSA) is 125 Å². The van der Waals surface area contributed by atoms with Gasteiger partial charge in [0.2, 0.25) is 11.4 Å². The van der Waals surface area contributed by atoms with Crippen molar-refractivity contribution in [3.63, 3.8) is 0 Å². The molecule has 1 amide bonds. The average molecular weight is 417 g/mol. The molecule has 2 saturated heterocycles. The number of esters is 1. The molecule has 0 bridgehead atoms. The van der Waals surface area contributed by atoms with Gasteiger partial charge in [-0.2, -0.15) is 0 Å².